The van der Waals surface area contributed by atoms with E-state index in [2.05, 4.69) is 118 Å². The van der Waals surface area contributed by atoms with Crippen molar-refractivity contribution in [3.8, 4) is 0 Å². The summed E-state index contributed by atoms with van der Waals surface area (Å²) in [4.78, 5) is 6.13. The predicted octanol–water partition coefficient (Wildman–Crippen LogP) is 5.44. The fourth-order valence-corrected chi connectivity index (χ4v) is 4.04. The van der Waals surface area contributed by atoms with Crippen molar-refractivity contribution in [3.63, 3.8) is 0 Å². The number of benzene rings is 2. The smallest absolute Gasteiger partial charge is 0.206 e. The largest absolute Gasteiger partial charge is 0.371 e. The minimum absolute atomic E-state index is 0.620. The van der Waals surface area contributed by atoms with Crippen LogP contribution in [0.3, 0.4) is 0 Å². The molecule has 1 aliphatic carbocycles. The van der Waals surface area contributed by atoms with Gasteiger partial charge in [0, 0.05) is 30.8 Å². The van der Waals surface area contributed by atoms with Crippen LogP contribution in [0, 0.1) is 17.8 Å². The van der Waals surface area contributed by atoms with Crippen LogP contribution < -0.4 is 9.89 Å². The lowest BCUT2D eigenvalue weighted by Crippen LogP contribution is -2.74. The molecule has 2 aromatic carbocycles. The van der Waals surface area contributed by atoms with E-state index in [1.165, 1.54) is 33.7 Å². The summed E-state index contributed by atoms with van der Waals surface area (Å²) < 4.78 is 0. The number of anilines is 1. The summed E-state index contributed by atoms with van der Waals surface area (Å²) in [5.41, 5.74) is 7.62. The predicted molar refractivity (Wildman–Crippen MR) is 137 cm³/mol. The Morgan fingerprint density at radius 2 is 1.35 bits per heavy atom. The van der Waals surface area contributed by atoms with E-state index in [0.717, 1.165) is 19.6 Å². The molecule has 0 saturated carbocycles. The minimum Gasteiger partial charge on any atom is -0.371 e. The quantitative estimate of drug-likeness (QED) is 0.607. The van der Waals surface area contributed by atoms with Crippen LogP contribution in [0.1, 0.15) is 58.2 Å². The van der Waals surface area contributed by atoms with Crippen molar-refractivity contribution in [1.82, 2.24) is 0 Å². The SMILES string of the molecule is CC(C)C[NH+]=C1C=CC(=Cc2ccc(N(CC(C)C)CC(C)C)cc2)c2ccccc21. The van der Waals surface area contributed by atoms with Crippen LogP contribution >= 0.6 is 0 Å². The van der Waals surface area contributed by atoms with Crippen LogP contribution in [0.5, 0.6) is 0 Å². The van der Waals surface area contributed by atoms with Gasteiger partial charge in [0.05, 0.1) is 5.56 Å². The van der Waals surface area contributed by atoms with E-state index in [4.69, 9.17) is 0 Å². The fourth-order valence-electron chi connectivity index (χ4n) is 4.04. The molecule has 0 radical (unpaired) electrons. The van der Waals surface area contributed by atoms with Crippen molar-refractivity contribution >= 4 is 23.0 Å². The standard InChI is InChI=1S/C29H38N2/c1-21(2)18-30-29-16-13-25(27-9-7-8-10-28(27)29)17-24-11-14-26(15-12-24)31(19-22(3)4)20-23(5)6/h7-17,21-23H,18-20H2,1-6H3/p+1. The summed E-state index contributed by atoms with van der Waals surface area (Å²) in [5.74, 6) is 1.92. The fraction of sp³-hybridized carbons (Fsp3) is 0.414. The molecule has 0 aliphatic heterocycles. The van der Waals surface area contributed by atoms with Crippen LogP contribution in [-0.2, 0) is 0 Å². The van der Waals surface area contributed by atoms with Gasteiger partial charge in [-0.25, -0.2) is 4.99 Å². The van der Waals surface area contributed by atoms with Crippen LogP contribution in [0.15, 0.2) is 60.7 Å². The van der Waals surface area contributed by atoms with Gasteiger partial charge in [-0.2, -0.15) is 0 Å². The molecule has 0 bridgehead atoms. The number of hydrogen-bond acceptors (Lipinski definition) is 1. The molecule has 1 aliphatic rings. The Morgan fingerprint density at radius 1 is 0.742 bits per heavy atom. The summed E-state index contributed by atoms with van der Waals surface area (Å²) in [6.45, 7) is 16.8. The molecule has 164 valence electrons. The van der Waals surface area contributed by atoms with Crippen molar-refractivity contribution in [1.29, 1.82) is 0 Å². The van der Waals surface area contributed by atoms with Gasteiger partial charge in [0.2, 0.25) is 5.71 Å². The van der Waals surface area contributed by atoms with E-state index in [0.29, 0.717) is 17.8 Å². The van der Waals surface area contributed by atoms with Gasteiger partial charge in [-0.15, -0.1) is 0 Å². The Morgan fingerprint density at radius 3 is 1.94 bits per heavy atom. The molecule has 2 heteroatoms. The molecule has 0 amide bonds. The molecule has 0 fully saturated rings. The first-order valence-electron chi connectivity index (χ1n) is 11.8. The normalized spacial score (nSPS) is 16.0. The Balaban J connectivity index is 1.87. The molecule has 0 aromatic heterocycles. The summed E-state index contributed by atoms with van der Waals surface area (Å²) in [6.07, 6.45) is 6.76. The van der Waals surface area contributed by atoms with Crippen molar-refractivity contribution in [2.24, 2.45) is 17.8 Å². The van der Waals surface area contributed by atoms with Crippen molar-refractivity contribution in [2.45, 2.75) is 41.5 Å². The van der Waals surface area contributed by atoms with E-state index in [9.17, 15) is 0 Å². The van der Waals surface area contributed by atoms with Crippen molar-refractivity contribution < 1.29 is 4.99 Å². The van der Waals surface area contributed by atoms with Gasteiger partial charge in [0.1, 0.15) is 6.54 Å². The topological polar surface area (TPSA) is 17.2 Å². The van der Waals surface area contributed by atoms with Gasteiger partial charge in [0.25, 0.3) is 0 Å². The zero-order valence-corrected chi connectivity index (χ0v) is 20.2. The highest BCUT2D eigenvalue weighted by Crippen LogP contribution is 2.28. The van der Waals surface area contributed by atoms with Crippen LogP contribution in [0.4, 0.5) is 5.69 Å². The highest BCUT2D eigenvalue weighted by Gasteiger charge is 2.18. The van der Waals surface area contributed by atoms with E-state index >= 15 is 0 Å². The van der Waals surface area contributed by atoms with Crippen molar-refractivity contribution in [3.05, 3.63) is 77.4 Å². The number of nitrogens with one attached hydrogen (secondary N) is 1. The number of nitrogens with zero attached hydrogens (tertiary/aromatic N) is 1. The Kier molecular flexibility index (Phi) is 7.90. The highest BCUT2D eigenvalue weighted by atomic mass is 15.1. The van der Waals surface area contributed by atoms with Crippen LogP contribution in [0.25, 0.3) is 11.6 Å². The zero-order valence-electron chi connectivity index (χ0n) is 20.2. The average Bonchev–Trinajstić information content (AvgIpc) is 2.72. The Hall–Kier alpha value is -2.61. The molecule has 0 unspecified atom stereocenters. The maximum Gasteiger partial charge on any atom is 0.206 e. The third-order valence-corrected chi connectivity index (χ3v) is 5.41. The van der Waals surface area contributed by atoms with Gasteiger partial charge in [-0.05, 0) is 58.9 Å². The number of rotatable bonds is 8. The van der Waals surface area contributed by atoms with Gasteiger partial charge in [0.15, 0.2) is 0 Å². The second-order valence-electron chi connectivity index (χ2n) is 9.95. The third kappa shape index (κ3) is 6.43. The van der Waals surface area contributed by atoms with Crippen molar-refractivity contribution in [2.75, 3.05) is 24.5 Å². The van der Waals surface area contributed by atoms with Gasteiger partial charge >= 0.3 is 0 Å². The van der Waals surface area contributed by atoms with Crippen LogP contribution in [-0.4, -0.2) is 25.3 Å². The molecule has 2 nitrogen and oxygen atoms in total. The van der Waals surface area contributed by atoms with E-state index in [-0.39, 0.29) is 0 Å². The summed E-state index contributed by atoms with van der Waals surface area (Å²) in [7, 11) is 0. The first-order valence-corrected chi connectivity index (χ1v) is 11.8. The second kappa shape index (κ2) is 10.6. The van der Waals surface area contributed by atoms with E-state index in [1.807, 2.05) is 0 Å². The van der Waals surface area contributed by atoms with E-state index in [1.54, 1.807) is 0 Å². The minimum atomic E-state index is 0.620. The van der Waals surface area contributed by atoms with Crippen LogP contribution in [0.2, 0.25) is 0 Å². The van der Waals surface area contributed by atoms with E-state index < -0.39 is 0 Å². The Bertz CT molecular complexity index is 933. The molecular weight excluding hydrogens is 376 g/mol. The van der Waals surface area contributed by atoms with Gasteiger partial charge in [-0.1, -0.05) is 71.9 Å². The molecule has 0 atom stereocenters. The maximum absolute atomic E-state index is 3.61. The summed E-state index contributed by atoms with van der Waals surface area (Å²) in [6, 6.07) is 17.8. The highest BCUT2D eigenvalue weighted by molar-refractivity contribution is 6.14. The lowest BCUT2D eigenvalue weighted by Gasteiger charge is -2.28. The molecular formula is C29H39N2+. The molecule has 0 saturated heterocycles. The molecule has 1 N–H and O–H groups in total. The summed E-state index contributed by atoms with van der Waals surface area (Å²) >= 11 is 0. The Labute approximate surface area is 189 Å². The van der Waals surface area contributed by atoms with Gasteiger partial charge in [-0.3, -0.25) is 0 Å². The third-order valence-electron chi connectivity index (χ3n) is 5.41. The second-order valence-corrected chi connectivity index (χ2v) is 9.95. The molecule has 31 heavy (non-hydrogen) atoms. The average molecular weight is 416 g/mol. The number of hydrogen-bond donors (Lipinski definition) is 1. The van der Waals surface area contributed by atoms with Gasteiger partial charge < -0.3 is 4.90 Å². The monoisotopic (exact) mass is 415 g/mol. The zero-order chi connectivity index (χ0) is 22.4. The maximum atomic E-state index is 3.61. The first kappa shape index (κ1) is 23.1. The molecule has 0 spiro atoms. The molecule has 0 heterocycles. The molecule has 3 rings (SSSR count). The lowest BCUT2D eigenvalue weighted by atomic mass is 9.90. The first-order chi connectivity index (χ1) is 14.8. The lowest BCUT2D eigenvalue weighted by molar-refractivity contribution is -0.463. The number of allylic oxidation sites excluding steroid dienone is 3. The molecule has 2 aromatic rings. The summed E-state index contributed by atoms with van der Waals surface area (Å²) in [5, 5.41) is 0. The number of fused-ring (bicyclic) bond motifs is 1.